The second-order valence-electron chi connectivity index (χ2n) is 7.68. The largest absolute Gasteiger partial charge is 0.457 e. The van der Waals surface area contributed by atoms with Gasteiger partial charge in [-0.25, -0.2) is 4.90 Å². The summed E-state index contributed by atoms with van der Waals surface area (Å²) >= 11 is 5.88. The number of ether oxygens (including phenoxy) is 1. The molecule has 1 saturated heterocycles. The van der Waals surface area contributed by atoms with E-state index in [1.54, 1.807) is 48.5 Å². The van der Waals surface area contributed by atoms with Crippen LogP contribution < -0.4 is 9.64 Å². The Balaban J connectivity index is 1.40. The topological polar surface area (TPSA) is 46.6 Å². The van der Waals surface area contributed by atoms with Crippen LogP contribution in [-0.2, 0) is 9.59 Å². The normalized spacial score (nSPS) is 30.9. The number of rotatable bonds is 3. The number of nitrogens with zero attached hydrogens (tertiary/aromatic N) is 1. The molecular formula is C22H18ClNO3. The monoisotopic (exact) mass is 379 g/mol. The molecule has 27 heavy (non-hydrogen) atoms. The standard InChI is InChI=1S/C22H18ClNO3/c1-22-14-3-2-13(12-14)19(22)20(25)24(21(22)26)16-6-10-18(11-7-16)27-17-8-4-15(23)5-9-17/h2-11,13-14,19H,12H2,1H3/t13-,14+,19+,22-/m0/s1. The minimum atomic E-state index is -0.602. The van der Waals surface area contributed by atoms with Crippen molar-refractivity contribution in [1.29, 1.82) is 0 Å². The Morgan fingerprint density at radius 2 is 1.63 bits per heavy atom. The lowest BCUT2D eigenvalue weighted by Crippen LogP contribution is -2.37. The molecule has 1 saturated carbocycles. The summed E-state index contributed by atoms with van der Waals surface area (Å²) in [7, 11) is 0. The molecule has 136 valence electrons. The van der Waals surface area contributed by atoms with E-state index in [0.717, 1.165) is 6.42 Å². The molecule has 0 radical (unpaired) electrons. The van der Waals surface area contributed by atoms with E-state index >= 15 is 0 Å². The van der Waals surface area contributed by atoms with Crippen LogP contribution in [0.2, 0.25) is 5.02 Å². The lowest BCUT2D eigenvalue weighted by atomic mass is 9.71. The number of fused-ring (bicyclic) bond motifs is 5. The van der Waals surface area contributed by atoms with E-state index in [-0.39, 0.29) is 29.6 Å². The van der Waals surface area contributed by atoms with Gasteiger partial charge in [0.15, 0.2) is 0 Å². The quantitative estimate of drug-likeness (QED) is 0.566. The molecule has 1 aliphatic heterocycles. The van der Waals surface area contributed by atoms with Gasteiger partial charge in [0.05, 0.1) is 17.0 Å². The average molecular weight is 380 g/mol. The highest BCUT2D eigenvalue weighted by atomic mass is 35.5. The summed E-state index contributed by atoms with van der Waals surface area (Å²) in [5.74, 6) is 1.27. The first-order chi connectivity index (χ1) is 13.0. The molecule has 2 aliphatic carbocycles. The van der Waals surface area contributed by atoms with Crippen molar-refractivity contribution in [3.8, 4) is 11.5 Å². The number of amides is 2. The van der Waals surface area contributed by atoms with Crippen molar-refractivity contribution >= 4 is 29.1 Å². The molecule has 5 rings (SSSR count). The van der Waals surface area contributed by atoms with Crippen molar-refractivity contribution in [2.45, 2.75) is 13.3 Å². The molecule has 2 amide bonds. The van der Waals surface area contributed by atoms with Crippen molar-refractivity contribution < 1.29 is 14.3 Å². The molecule has 2 bridgehead atoms. The van der Waals surface area contributed by atoms with Gasteiger partial charge in [0.25, 0.3) is 0 Å². The molecule has 2 fully saturated rings. The summed E-state index contributed by atoms with van der Waals surface area (Å²) in [6.45, 7) is 1.95. The molecular weight excluding hydrogens is 362 g/mol. The predicted octanol–water partition coefficient (Wildman–Crippen LogP) is 4.83. The second-order valence-corrected chi connectivity index (χ2v) is 8.12. The third kappa shape index (κ3) is 2.29. The highest BCUT2D eigenvalue weighted by Crippen LogP contribution is 2.60. The number of hydrogen-bond donors (Lipinski definition) is 0. The zero-order chi connectivity index (χ0) is 18.8. The van der Waals surface area contributed by atoms with Gasteiger partial charge in [-0.3, -0.25) is 9.59 Å². The highest BCUT2D eigenvalue weighted by molar-refractivity contribution is 6.30. The summed E-state index contributed by atoms with van der Waals surface area (Å²) < 4.78 is 5.79. The molecule has 3 aliphatic rings. The fourth-order valence-electron chi connectivity index (χ4n) is 4.85. The van der Waals surface area contributed by atoms with E-state index in [9.17, 15) is 9.59 Å². The van der Waals surface area contributed by atoms with E-state index in [4.69, 9.17) is 16.3 Å². The number of anilines is 1. The van der Waals surface area contributed by atoms with Gasteiger partial charge in [0.1, 0.15) is 11.5 Å². The number of allylic oxidation sites excluding steroid dienone is 2. The minimum absolute atomic E-state index is 0.0780. The third-order valence-electron chi connectivity index (χ3n) is 6.26. The Morgan fingerprint density at radius 1 is 1.00 bits per heavy atom. The van der Waals surface area contributed by atoms with Gasteiger partial charge < -0.3 is 4.74 Å². The fraction of sp³-hybridized carbons (Fsp3) is 0.273. The van der Waals surface area contributed by atoms with Crippen molar-refractivity contribution in [2.75, 3.05) is 4.90 Å². The Kier molecular flexibility index (Phi) is 3.50. The predicted molar refractivity (Wildman–Crippen MR) is 103 cm³/mol. The summed E-state index contributed by atoms with van der Waals surface area (Å²) in [6, 6.07) is 14.2. The second kappa shape index (κ2) is 5.70. The summed E-state index contributed by atoms with van der Waals surface area (Å²) in [6.07, 6.45) is 5.13. The van der Waals surface area contributed by atoms with Crippen LogP contribution in [0.4, 0.5) is 5.69 Å². The summed E-state index contributed by atoms with van der Waals surface area (Å²) in [5.41, 5.74) is -0.00176. The molecule has 2 aromatic carbocycles. The molecule has 5 heteroatoms. The Bertz CT molecular complexity index is 966. The molecule has 0 spiro atoms. The van der Waals surface area contributed by atoms with Crippen LogP contribution in [0, 0.1) is 23.2 Å². The van der Waals surface area contributed by atoms with Crippen LogP contribution in [0.3, 0.4) is 0 Å². The molecule has 1 heterocycles. The zero-order valence-electron chi connectivity index (χ0n) is 14.8. The van der Waals surface area contributed by atoms with Gasteiger partial charge >= 0.3 is 0 Å². The average Bonchev–Trinajstić information content (AvgIpc) is 3.30. The van der Waals surface area contributed by atoms with E-state index in [2.05, 4.69) is 12.2 Å². The molecule has 4 nitrogen and oxygen atoms in total. The first-order valence-electron chi connectivity index (χ1n) is 9.08. The maximum Gasteiger partial charge on any atom is 0.241 e. The lowest BCUT2D eigenvalue weighted by Gasteiger charge is -2.28. The van der Waals surface area contributed by atoms with Gasteiger partial charge in [-0.1, -0.05) is 23.8 Å². The van der Waals surface area contributed by atoms with Crippen molar-refractivity contribution in [3.05, 3.63) is 65.7 Å². The van der Waals surface area contributed by atoms with Crippen LogP contribution in [0.1, 0.15) is 13.3 Å². The van der Waals surface area contributed by atoms with Crippen LogP contribution in [0.25, 0.3) is 0 Å². The van der Waals surface area contributed by atoms with Crippen molar-refractivity contribution in [3.63, 3.8) is 0 Å². The molecule has 4 atom stereocenters. The van der Waals surface area contributed by atoms with E-state index in [1.807, 2.05) is 6.92 Å². The Morgan fingerprint density at radius 3 is 2.26 bits per heavy atom. The number of hydrogen-bond acceptors (Lipinski definition) is 3. The van der Waals surface area contributed by atoms with E-state index < -0.39 is 5.41 Å². The van der Waals surface area contributed by atoms with Crippen LogP contribution in [0.15, 0.2) is 60.7 Å². The molecule has 2 aromatic rings. The fourth-order valence-corrected chi connectivity index (χ4v) is 4.98. The van der Waals surface area contributed by atoms with Gasteiger partial charge in [0.2, 0.25) is 11.8 Å². The first kappa shape index (κ1) is 16.6. The molecule has 0 aromatic heterocycles. The molecule has 0 N–H and O–H groups in total. The Hall–Kier alpha value is -2.59. The van der Waals surface area contributed by atoms with Crippen LogP contribution >= 0.6 is 11.6 Å². The third-order valence-corrected chi connectivity index (χ3v) is 6.51. The summed E-state index contributed by atoms with van der Waals surface area (Å²) in [4.78, 5) is 27.5. The van der Waals surface area contributed by atoms with Gasteiger partial charge in [-0.15, -0.1) is 0 Å². The minimum Gasteiger partial charge on any atom is -0.457 e. The molecule has 0 unspecified atom stereocenters. The van der Waals surface area contributed by atoms with E-state index in [1.165, 1.54) is 4.90 Å². The van der Waals surface area contributed by atoms with Crippen molar-refractivity contribution in [1.82, 2.24) is 0 Å². The number of carbonyl (C=O) groups excluding carboxylic acids is 2. The highest BCUT2D eigenvalue weighted by Gasteiger charge is 2.67. The van der Waals surface area contributed by atoms with Crippen LogP contribution in [0.5, 0.6) is 11.5 Å². The number of imide groups is 1. The SMILES string of the molecule is C[C@@]12C(=O)N(c3ccc(Oc4ccc(Cl)cc4)cc3)C(=O)[C@H]1[C@H]1C=C[C@@H]2C1. The lowest BCUT2D eigenvalue weighted by molar-refractivity contribution is -0.127. The number of benzene rings is 2. The first-order valence-corrected chi connectivity index (χ1v) is 9.46. The van der Waals surface area contributed by atoms with Crippen LogP contribution in [-0.4, -0.2) is 11.8 Å². The zero-order valence-corrected chi connectivity index (χ0v) is 15.5. The Labute approximate surface area is 162 Å². The smallest absolute Gasteiger partial charge is 0.241 e. The van der Waals surface area contributed by atoms with Gasteiger partial charge in [-0.2, -0.15) is 0 Å². The van der Waals surface area contributed by atoms with E-state index in [0.29, 0.717) is 22.2 Å². The maximum atomic E-state index is 13.1. The van der Waals surface area contributed by atoms with Gasteiger partial charge in [-0.05, 0) is 73.7 Å². The number of halogens is 1. The van der Waals surface area contributed by atoms with Crippen molar-refractivity contribution in [2.24, 2.45) is 23.2 Å². The number of carbonyl (C=O) groups is 2. The van der Waals surface area contributed by atoms with Gasteiger partial charge in [0, 0.05) is 5.02 Å². The maximum absolute atomic E-state index is 13.1. The summed E-state index contributed by atoms with van der Waals surface area (Å²) in [5, 5.41) is 0.645.